The molecule has 22 heavy (non-hydrogen) atoms. The highest BCUT2D eigenvalue weighted by molar-refractivity contribution is 7.89. The molecule has 1 N–H and O–H groups in total. The maximum atomic E-state index is 12.8. The Morgan fingerprint density at radius 1 is 1.55 bits per heavy atom. The molecule has 1 aliphatic rings. The number of rotatable bonds is 7. The first-order valence-corrected chi connectivity index (χ1v) is 8.69. The standard InChI is InChI=1S/C14H21N3O4S/c1-3-8-16(10-14(18)19)22(20,21)13-9-11(2)15-17(13)12-6-4-5-7-12/h3,9,12H,1,4-8,10H2,2H3,(H,18,19). The van der Waals surface area contributed by atoms with Gasteiger partial charge in [-0.2, -0.15) is 9.40 Å². The zero-order valence-corrected chi connectivity index (χ0v) is 13.4. The van der Waals surface area contributed by atoms with Crippen molar-refractivity contribution in [3.63, 3.8) is 0 Å². The Balaban J connectivity index is 2.42. The summed E-state index contributed by atoms with van der Waals surface area (Å²) >= 11 is 0. The molecule has 0 aromatic carbocycles. The van der Waals surface area contributed by atoms with Gasteiger partial charge in [0.25, 0.3) is 10.0 Å². The van der Waals surface area contributed by atoms with Gasteiger partial charge in [-0.1, -0.05) is 18.9 Å². The number of aliphatic carboxylic acids is 1. The van der Waals surface area contributed by atoms with Crippen molar-refractivity contribution < 1.29 is 18.3 Å². The summed E-state index contributed by atoms with van der Waals surface area (Å²) in [5.74, 6) is -1.20. The Kier molecular flexibility index (Phi) is 5.02. The normalized spacial score (nSPS) is 16.3. The molecule has 0 aliphatic heterocycles. The second kappa shape index (κ2) is 6.62. The summed E-state index contributed by atoms with van der Waals surface area (Å²) in [6, 6.07) is 1.57. The molecule has 1 saturated carbocycles. The van der Waals surface area contributed by atoms with Crippen LogP contribution in [-0.4, -0.2) is 46.7 Å². The lowest BCUT2D eigenvalue weighted by molar-refractivity contribution is -0.137. The summed E-state index contributed by atoms with van der Waals surface area (Å²) in [5, 5.41) is 13.3. The fraction of sp³-hybridized carbons (Fsp3) is 0.571. The van der Waals surface area contributed by atoms with E-state index in [1.807, 2.05) is 0 Å². The van der Waals surface area contributed by atoms with Gasteiger partial charge in [-0.15, -0.1) is 6.58 Å². The average Bonchev–Trinajstić information content (AvgIpc) is 3.06. The summed E-state index contributed by atoms with van der Waals surface area (Å²) < 4.78 is 28.1. The molecule has 7 nitrogen and oxygen atoms in total. The molecule has 1 aromatic heterocycles. The zero-order valence-electron chi connectivity index (χ0n) is 12.6. The molecule has 0 amide bonds. The molecule has 1 aromatic rings. The predicted molar refractivity (Wildman–Crippen MR) is 81.1 cm³/mol. The molecular weight excluding hydrogens is 306 g/mol. The fourth-order valence-electron chi connectivity index (χ4n) is 2.77. The van der Waals surface area contributed by atoms with E-state index < -0.39 is 22.5 Å². The van der Waals surface area contributed by atoms with Crippen molar-refractivity contribution in [1.82, 2.24) is 14.1 Å². The number of carboxylic acids is 1. The van der Waals surface area contributed by atoms with E-state index in [0.29, 0.717) is 5.69 Å². The lowest BCUT2D eigenvalue weighted by atomic mass is 10.3. The number of aromatic nitrogens is 2. The van der Waals surface area contributed by atoms with Crippen molar-refractivity contribution in [1.29, 1.82) is 0 Å². The molecule has 0 atom stereocenters. The second-order valence-electron chi connectivity index (χ2n) is 5.49. The minimum absolute atomic E-state index is 0.0521. The van der Waals surface area contributed by atoms with Gasteiger partial charge < -0.3 is 5.11 Å². The average molecular weight is 327 g/mol. The van der Waals surface area contributed by atoms with E-state index in [0.717, 1.165) is 30.0 Å². The number of sulfonamides is 1. The van der Waals surface area contributed by atoms with Crippen LogP contribution in [0.15, 0.2) is 23.7 Å². The summed E-state index contributed by atoms with van der Waals surface area (Å²) in [4.78, 5) is 10.9. The quantitative estimate of drug-likeness (QED) is 0.767. The third-order valence-electron chi connectivity index (χ3n) is 3.74. The van der Waals surface area contributed by atoms with Gasteiger partial charge in [0.05, 0.1) is 11.7 Å². The first kappa shape index (κ1) is 16.7. The molecular formula is C14H21N3O4S. The molecule has 2 rings (SSSR count). The van der Waals surface area contributed by atoms with Crippen LogP contribution in [0.5, 0.6) is 0 Å². The number of aryl methyl sites for hydroxylation is 1. The third kappa shape index (κ3) is 3.38. The summed E-state index contributed by atoms with van der Waals surface area (Å²) in [6.07, 6.45) is 5.26. The van der Waals surface area contributed by atoms with E-state index in [-0.39, 0.29) is 17.6 Å². The van der Waals surface area contributed by atoms with Crippen LogP contribution in [0.25, 0.3) is 0 Å². The summed E-state index contributed by atoms with van der Waals surface area (Å²) in [7, 11) is -3.92. The molecule has 0 spiro atoms. The van der Waals surface area contributed by atoms with Crippen molar-refractivity contribution >= 4 is 16.0 Å². The molecule has 1 fully saturated rings. The third-order valence-corrected chi connectivity index (χ3v) is 5.53. The SMILES string of the molecule is C=CCN(CC(=O)O)S(=O)(=O)c1cc(C)nn1C1CCCC1. The highest BCUT2D eigenvalue weighted by atomic mass is 32.2. The Hall–Kier alpha value is -1.67. The molecule has 0 bridgehead atoms. The Bertz CT molecular complexity index is 660. The van der Waals surface area contributed by atoms with E-state index in [4.69, 9.17) is 5.11 Å². The van der Waals surface area contributed by atoms with Crippen LogP contribution in [0.4, 0.5) is 0 Å². The monoisotopic (exact) mass is 327 g/mol. The lowest BCUT2D eigenvalue weighted by Crippen LogP contribution is -2.37. The van der Waals surface area contributed by atoms with Gasteiger partial charge in [-0.3, -0.25) is 4.79 Å². The molecule has 0 saturated heterocycles. The number of carboxylic acid groups (broad SMARTS) is 1. The summed E-state index contributed by atoms with van der Waals surface area (Å²) in [6.45, 7) is 4.59. The van der Waals surface area contributed by atoms with E-state index in [1.54, 1.807) is 11.6 Å². The van der Waals surface area contributed by atoms with Crippen LogP contribution in [0.3, 0.4) is 0 Å². The van der Waals surface area contributed by atoms with Crippen LogP contribution >= 0.6 is 0 Å². The van der Waals surface area contributed by atoms with Crippen LogP contribution in [0, 0.1) is 6.92 Å². The van der Waals surface area contributed by atoms with E-state index in [1.165, 1.54) is 12.1 Å². The fourth-order valence-corrected chi connectivity index (χ4v) is 4.36. The van der Waals surface area contributed by atoms with Gasteiger partial charge in [0.1, 0.15) is 6.54 Å². The lowest BCUT2D eigenvalue weighted by Gasteiger charge is -2.21. The van der Waals surface area contributed by atoms with Gasteiger partial charge in [-0.25, -0.2) is 13.1 Å². The van der Waals surface area contributed by atoms with Gasteiger partial charge in [-0.05, 0) is 25.8 Å². The Morgan fingerprint density at radius 2 is 2.18 bits per heavy atom. The molecule has 0 radical (unpaired) electrons. The topological polar surface area (TPSA) is 92.5 Å². The smallest absolute Gasteiger partial charge is 0.318 e. The van der Waals surface area contributed by atoms with Crippen LogP contribution < -0.4 is 0 Å². The first-order valence-electron chi connectivity index (χ1n) is 7.25. The Labute approximate surface area is 130 Å². The highest BCUT2D eigenvalue weighted by Crippen LogP contribution is 2.32. The van der Waals surface area contributed by atoms with Crippen LogP contribution in [0.1, 0.15) is 37.4 Å². The van der Waals surface area contributed by atoms with Crippen LogP contribution in [-0.2, 0) is 14.8 Å². The minimum atomic E-state index is -3.92. The molecule has 1 heterocycles. The molecule has 0 unspecified atom stereocenters. The molecule has 122 valence electrons. The van der Waals surface area contributed by atoms with Crippen molar-refractivity contribution in [2.75, 3.05) is 13.1 Å². The van der Waals surface area contributed by atoms with E-state index >= 15 is 0 Å². The number of carbonyl (C=O) groups is 1. The van der Waals surface area contributed by atoms with Crippen LogP contribution in [0.2, 0.25) is 0 Å². The number of hydrogen-bond acceptors (Lipinski definition) is 4. The van der Waals surface area contributed by atoms with Gasteiger partial charge in [0, 0.05) is 6.54 Å². The maximum Gasteiger partial charge on any atom is 0.318 e. The van der Waals surface area contributed by atoms with E-state index in [2.05, 4.69) is 11.7 Å². The van der Waals surface area contributed by atoms with E-state index in [9.17, 15) is 13.2 Å². The minimum Gasteiger partial charge on any atom is -0.480 e. The van der Waals surface area contributed by atoms with Crippen molar-refractivity contribution in [3.8, 4) is 0 Å². The first-order chi connectivity index (χ1) is 10.4. The second-order valence-corrected chi connectivity index (χ2v) is 7.37. The van der Waals surface area contributed by atoms with Crippen molar-refractivity contribution in [3.05, 3.63) is 24.4 Å². The largest absolute Gasteiger partial charge is 0.480 e. The number of nitrogens with zero attached hydrogens (tertiary/aromatic N) is 3. The maximum absolute atomic E-state index is 12.8. The zero-order chi connectivity index (χ0) is 16.3. The van der Waals surface area contributed by atoms with Gasteiger partial charge in [0.2, 0.25) is 0 Å². The van der Waals surface area contributed by atoms with Gasteiger partial charge in [0.15, 0.2) is 5.03 Å². The highest BCUT2D eigenvalue weighted by Gasteiger charge is 2.32. The van der Waals surface area contributed by atoms with Crippen molar-refractivity contribution in [2.24, 2.45) is 0 Å². The Morgan fingerprint density at radius 3 is 2.73 bits per heavy atom. The molecule has 8 heteroatoms. The van der Waals surface area contributed by atoms with Gasteiger partial charge >= 0.3 is 5.97 Å². The number of hydrogen-bond donors (Lipinski definition) is 1. The molecule has 1 aliphatic carbocycles. The van der Waals surface area contributed by atoms with Crippen molar-refractivity contribution in [2.45, 2.75) is 43.7 Å². The predicted octanol–water partition coefficient (Wildman–Crippen LogP) is 1.57. The summed E-state index contributed by atoms with van der Waals surface area (Å²) in [5.41, 5.74) is 0.611.